The van der Waals surface area contributed by atoms with Gasteiger partial charge in [0.25, 0.3) is 0 Å². The Labute approximate surface area is 318 Å². The van der Waals surface area contributed by atoms with Gasteiger partial charge in [0.1, 0.15) is 29.4 Å². The van der Waals surface area contributed by atoms with E-state index < -0.39 is 40.5 Å². The first-order valence-corrected chi connectivity index (χ1v) is 18.9. The quantitative estimate of drug-likeness (QED) is 0.0344. The van der Waals surface area contributed by atoms with Gasteiger partial charge in [0.15, 0.2) is 6.10 Å². The molecule has 1 aliphatic carbocycles. The van der Waals surface area contributed by atoms with Crippen molar-refractivity contribution in [3.05, 3.63) is 77.9 Å². The summed E-state index contributed by atoms with van der Waals surface area (Å²) in [5.41, 5.74) is 4.72. The van der Waals surface area contributed by atoms with Gasteiger partial charge in [-0.25, -0.2) is 8.78 Å². The highest BCUT2D eigenvalue weighted by Crippen LogP contribution is 2.42. The van der Waals surface area contributed by atoms with Crippen molar-refractivity contribution in [3.63, 3.8) is 0 Å². The molecule has 1 aliphatic rings. The molecule has 0 bridgehead atoms. The van der Waals surface area contributed by atoms with Gasteiger partial charge in [0.05, 0.1) is 25.2 Å². The van der Waals surface area contributed by atoms with Crippen LogP contribution in [0.2, 0.25) is 0 Å². The van der Waals surface area contributed by atoms with Crippen molar-refractivity contribution in [1.82, 2.24) is 10.6 Å². The van der Waals surface area contributed by atoms with Gasteiger partial charge in [-0.15, -0.1) is 0 Å². The van der Waals surface area contributed by atoms with Crippen LogP contribution in [0.1, 0.15) is 108 Å². The van der Waals surface area contributed by atoms with Gasteiger partial charge < -0.3 is 35.9 Å². The molecule has 2 rings (SSSR count). The SMILES string of the molecule is C/C=C(/F)C(C/C=C/NC(=O)C1(C(=O)Nc2ccc(F)cc2)CCC1)O/C=C(\C/C=C(\COCCC)OC)C(C)(C)N=CN.CC.CC.CCNCC. The number of aliphatic imine (C=N–C) groups is 1. The number of rotatable bonds is 20. The Balaban J connectivity index is 0. The van der Waals surface area contributed by atoms with Gasteiger partial charge in [-0.2, -0.15) is 0 Å². The summed E-state index contributed by atoms with van der Waals surface area (Å²) >= 11 is 0. The molecular formula is C41H69F2N5O5. The fraction of sp³-hybridized carbons (Fsp3) is 0.585. The van der Waals surface area contributed by atoms with Gasteiger partial charge in [-0.05, 0) is 102 Å². The van der Waals surface area contributed by atoms with E-state index in [1.807, 2.05) is 54.5 Å². The Kier molecular flexibility index (Phi) is 29.3. The molecule has 53 heavy (non-hydrogen) atoms. The summed E-state index contributed by atoms with van der Waals surface area (Å²) in [6.07, 6.45) is 10.7. The van der Waals surface area contributed by atoms with Crippen molar-refractivity contribution in [2.24, 2.45) is 16.1 Å². The highest BCUT2D eigenvalue weighted by Gasteiger charge is 2.50. The predicted molar refractivity (Wildman–Crippen MR) is 216 cm³/mol. The Morgan fingerprint density at radius 3 is 2.15 bits per heavy atom. The van der Waals surface area contributed by atoms with Crippen LogP contribution in [0.25, 0.3) is 0 Å². The molecule has 1 aromatic rings. The fourth-order valence-electron chi connectivity index (χ4n) is 4.62. The summed E-state index contributed by atoms with van der Waals surface area (Å²) in [7, 11) is 1.57. The first-order chi connectivity index (χ1) is 25.4. The maximum absolute atomic E-state index is 14.8. The molecule has 0 radical (unpaired) electrons. The Morgan fingerprint density at radius 1 is 1.06 bits per heavy atom. The Hall–Kier alpha value is -4.03. The zero-order valence-electron chi connectivity index (χ0n) is 34.2. The van der Waals surface area contributed by atoms with Gasteiger partial charge >= 0.3 is 0 Å². The van der Waals surface area contributed by atoms with Crippen LogP contribution >= 0.6 is 0 Å². The number of hydrogen-bond acceptors (Lipinski definition) is 7. The van der Waals surface area contributed by atoms with Crippen LogP contribution in [0.4, 0.5) is 14.5 Å². The molecular weight excluding hydrogens is 680 g/mol. The van der Waals surface area contributed by atoms with E-state index in [-0.39, 0.29) is 6.42 Å². The second-order valence-corrected chi connectivity index (χ2v) is 11.9. The highest BCUT2D eigenvalue weighted by molar-refractivity contribution is 6.11. The molecule has 12 heteroatoms. The average Bonchev–Trinajstić information content (AvgIpc) is 3.13. The number of carbonyl (C=O) groups excluding carboxylic acids is 2. The number of hydrogen-bond donors (Lipinski definition) is 4. The molecule has 0 aromatic heterocycles. The number of nitrogens with one attached hydrogen (secondary N) is 3. The number of halogens is 2. The van der Waals surface area contributed by atoms with Gasteiger partial charge in [0.2, 0.25) is 11.8 Å². The van der Waals surface area contributed by atoms with Crippen molar-refractivity contribution >= 4 is 23.8 Å². The van der Waals surface area contributed by atoms with Crippen molar-refractivity contribution in [3.8, 4) is 0 Å². The van der Waals surface area contributed by atoms with Crippen LogP contribution in [-0.4, -0.2) is 63.2 Å². The molecule has 0 heterocycles. The average molecular weight is 750 g/mol. The van der Waals surface area contributed by atoms with Gasteiger partial charge in [-0.1, -0.05) is 67.0 Å². The fourth-order valence-corrected chi connectivity index (χ4v) is 4.62. The standard InChI is InChI=1S/C33H46F2N4O5.C4H11N.2C2H6/c1-6-20-43-22-27(42-5)16-11-24(32(3,4)38-23-36)21-44-29(28(35)7-2)10-8-19-37-30(40)33(17-9-18-33)31(41)39-26-14-12-25(34)13-15-26;1-3-5-4-2;2*1-2/h7-8,12-16,19,21,23,29H,6,9-11,17-18,20,22H2,1-5H3,(H2,36,38)(H,37,40)(H,39,41);5H,3-4H2,1-2H3;2*1-2H3/b19-8+,24-21+,27-16+,28-7+;;;. The lowest BCUT2D eigenvalue weighted by atomic mass is 9.67. The topological polar surface area (TPSA) is 136 Å². The van der Waals surface area contributed by atoms with Crippen molar-refractivity contribution in [1.29, 1.82) is 0 Å². The maximum Gasteiger partial charge on any atom is 0.240 e. The molecule has 0 saturated heterocycles. The van der Waals surface area contributed by atoms with Crippen molar-refractivity contribution < 1.29 is 32.6 Å². The molecule has 2 amide bonds. The number of anilines is 1. The van der Waals surface area contributed by atoms with E-state index in [0.717, 1.165) is 31.5 Å². The van der Waals surface area contributed by atoms with Crippen LogP contribution in [0.5, 0.6) is 0 Å². The molecule has 1 fully saturated rings. The number of allylic oxidation sites excluding steroid dienone is 2. The van der Waals surface area contributed by atoms with Crippen LogP contribution < -0.4 is 21.7 Å². The lowest BCUT2D eigenvalue weighted by Gasteiger charge is -2.38. The number of methoxy groups -OCH3 is 1. The molecule has 0 aliphatic heterocycles. The number of carbonyl (C=O) groups is 2. The highest BCUT2D eigenvalue weighted by atomic mass is 19.1. The normalized spacial score (nSPS) is 14.7. The summed E-state index contributed by atoms with van der Waals surface area (Å²) < 4.78 is 44.9. The minimum atomic E-state index is -1.23. The van der Waals surface area contributed by atoms with E-state index in [4.69, 9.17) is 19.9 Å². The van der Waals surface area contributed by atoms with Crippen molar-refractivity contribution in [2.75, 3.05) is 38.7 Å². The molecule has 1 atom stereocenters. The van der Waals surface area contributed by atoms with E-state index in [2.05, 4.69) is 34.8 Å². The Morgan fingerprint density at radius 2 is 1.68 bits per heavy atom. The zero-order valence-corrected chi connectivity index (χ0v) is 34.2. The molecule has 1 saturated carbocycles. The summed E-state index contributed by atoms with van der Waals surface area (Å²) in [5, 5.41) is 8.47. The number of benzene rings is 1. The number of amides is 2. The second-order valence-electron chi connectivity index (χ2n) is 11.9. The molecule has 1 aromatic carbocycles. The summed E-state index contributed by atoms with van der Waals surface area (Å²) in [6, 6.07) is 5.34. The van der Waals surface area contributed by atoms with E-state index >= 15 is 0 Å². The number of nitrogens with two attached hydrogens (primary N) is 1. The van der Waals surface area contributed by atoms with Gasteiger partial charge in [-0.3, -0.25) is 14.6 Å². The van der Waals surface area contributed by atoms with Crippen LogP contribution in [0, 0.1) is 11.2 Å². The third-order valence-electron chi connectivity index (χ3n) is 7.91. The third-order valence-corrected chi connectivity index (χ3v) is 7.91. The molecule has 5 N–H and O–H groups in total. The number of ether oxygens (including phenoxy) is 3. The Bertz CT molecular complexity index is 1290. The summed E-state index contributed by atoms with van der Waals surface area (Å²) in [6.45, 7) is 22.6. The van der Waals surface area contributed by atoms with E-state index in [1.165, 1.54) is 49.1 Å². The van der Waals surface area contributed by atoms with Crippen molar-refractivity contribution in [2.45, 2.75) is 119 Å². The minimum absolute atomic E-state index is 0.0968. The summed E-state index contributed by atoms with van der Waals surface area (Å²) in [5.74, 6) is -1.19. The van der Waals surface area contributed by atoms with E-state index in [1.54, 1.807) is 20.1 Å². The first-order valence-electron chi connectivity index (χ1n) is 18.9. The largest absolute Gasteiger partial charge is 0.499 e. The molecule has 10 nitrogen and oxygen atoms in total. The zero-order chi connectivity index (χ0) is 40.7. The second kappa shape index (κ2) is 30.4. The lowest BCUT2D eigenvalue weighted by molar-refractivity contribution is -0.145. The van der Waals surface area contributed by atoms with E-state index in [9.17, 15) is 18.4 Å². The third kappa shape index (κ3) is 19.6. The van der Waals surface area contributed by atoms with Crippen LogP contribution in [0.15, 0.2) is 77.1 Å². The lowest BCUT2D eigenvalue weighted by Crippen LogP contribution is -2.52. The maximum atomic E-state index is 14.8. The monoisotopic (exact) mass is 750 g/mol. The minimum Gasteiger partial charge on any atom is -0.499 e. The van der Waals surface area contributed by atoms with Gasteiger partial charge in [0, 0.05) is 18.7 Å². The number of nitrogens with zero attached hydrogens (tertiary/aromatic N) is 1. The first kappa shape index (κ1) is 51.1. The molecule has 302 valence electrons. The van der Waals surface area contributed by atoms with Crippen LogP contribution in [0.3, 0.4) is 0 Å². The predicted octanol–water partition coefficient (Wildman–Crippen LogP) is 8.88. The van der Waals surface area contributed by atoms with Crippen LogP contribution in [-0.2, 0) is 23.8 Å². The smallest absolute Gasteiger partial charge is 0.240 e. The summed E-state index contributed by atoms with van der Waals surface area (Å²) in [4.78, 5) is 30.3. The van der Waals surface area contributed by atoms with E-state index in [0.29, 0.717) is 43.9 Å². The molecule has 0 spiro atoms. The molecule has 1 unspecified atom stereocenters.